The number of amides is 2. The van der Waals surface area contributed by atoms with Crippen LogP contribution in [0.1, 0.15) is 23.2 Å². The van der Waals surface area contributed by atoms with Crippen LogP contribution in [0, 0.1) is 0 Å². The Bertz CT molecular complexity index is 747. The molecule has 23 heavy (non-hydrogen) atoms. The number of para-hydroxylation sites is 1. The highest BCUT2D eigenvalue weighted by molar-refractivity contribution is 6.50. The number of likely N-dealkylation sites (tertiary alicyclic amines) is 1. The Labute approximate surface area is 134 Å². The lowest BCUT2D eigenvalue weighted by atomic mass is 9.88. The number of halogens is 1. The van der Waals surface area contributed by atoms with E-state index in [1.807, 2.05) is 0 Å². The van der Waals surface area contributed by atoms with Crippen molar-refractivity contribution in [1.29, 1.82) is 0 Å². The van der Waals surface area contributed by atoms with Gasteiger partial charge < -0.3 is 14.5 Å². The lowest BCUT2D eigenvalue weighted by molar-refractivity contribution is -0.129. The fourth-order valence-corrected chi connectivity index (χ4v) is 2.81. The van der Waals surface area contributed by atoms with E-state index in [4.69, 9.17) is 0 Å². The van der Waals surface area contributed by atoms with E-state index in [-0.39, 0.29) is 18.4 Å². The third-order valence-electron chi connectivity index (χ3n) is 4.02. The summed E-state index contributed by atoms with van der Waals surface area (Å²) < 4.78 is 12.9. The van der Waals surface area contributed by atoms with Gasteiger partial charge in [0, 0.05) is 24.7 Å². The molecule has 1 aliphatic rings. The summed E-state index contributed by atoms with van der Waals surface area (Å²) in [6, 6.07) is 6.54. The van der Waals surface area contributed by atoms with Crippen molar-refractivity contribution in [1.82, 2.24) is 15.2 Å². The number of fused-ring (bicyclic) bond motifs is 1. The first-order valence-electron chi connectivity index (χ1n) is 7.58. The Balaban J connectivity index is 1.77. The number of nitrogens with zero attached hydrogens (tertiary/aromatic N) is 2. The van der Waals surface area contributed by atoms with E-state index >= 15 is 0 Å². The maximum atomic E-state index is 12.9. The number of pyridine rings is 1. The fourth-order valence-electron chi connectivity index (χ4n) is 2.81. The number of carbonyl (C=O) groups excluding carboxylic acids is 2. The van der Waals surface area contributed by atoms with Gasteiger partial charge in [-0.1, -0.05) is 18.2 Å². The lowest BCUT2D eigenvalue weighted by Crippen LogP contribution is -2.38. The van der Waals surface area contributed by atoms with Crippen LogP contribution in [0.25, 0.3) is 10.9 Å². The molecule has 0 bridgehead atoms. The summed E-state index contributed by atoms with van der Waals surface area (Å²) in [6.45, 7) is 1.47. The van der Waals surface area contributed by atoms with E-state index in [0.717, 1.165) is 25.9 Å². The maximum Gasteiger partial charge on any atom is 0.394 e. The minimum Gasteiger partial charge on any atom is -0.343 e. The van der Waals surface area contributed by atoms with E-state index in [1.54, 1.807) is 29.2 Å². The zero-order chi connectivity index (χ0) is 16.2. The zero-order valence-corrected chi connectivity index (χ0v) is 12.6. The Morgan fingerprint density at radius 2 is 2.04 bits per heavy atom. The Morgan fingerprint density at radius 3 is 2.78 bits per heavy atom. The first kappa shape index (κ1) is 15.5. The topological polar surface area (TPSA) is 62.3 Å². The number of hydrogen-bond acceptors (Lipinski definition) is 3. The molecule has 0 saturated carbocycles. The number of carbonyl (C=O) groups is 2. The summed E-state index contributed by atoms with van der Waals surface area (Å²) in [4.78, 5) is 30.2. The molecule has 2 aromatic rings. The molecule has 2 heterocycles. The molecule has 0 atom stereocenters. The average molecular weight is 312 g/mol. The highest BCUT2D eigenvalue weighted by atomic mass is 19.1. The van der Waals surface area contributed by atoms with Gasteiger partial charge in [0.15, 0.2) is 0 Å². The number of rotatable bonds is 4. The standard InChI is InChI=1S/C16H16BFN3O2/c18-17-13-5-3-4-11-12(6-7-19-15(11)13)16(23)20-10-14(22)21-8-1-2-9-21/h3-7H,1-2,8-10H2,(H,20,23). The Hall–Kier alpha value is -2.44. The van der Waals surface area contributed by atoms with Crippen molar-refractivity contribution in [3.05, 3.63) is 36.0 Å². The third-order valence-corrected chi connectivity index (χ3v) is 4.02. The van der Waals surface area contributed by atoms with Crippen molar-refractivity contribution in [2.45, 2.75) is 12.8 Å². The van der Waals surface area contributed by atoms with Crippen LogP contribution in [0.4, 0.5) is 4.32 Å². The van der Waals surface area contributed by atoms with Crippen LogP contribution < -0.4 is 10.8 Å². The van der Waals surface area contributed by atoms with Crippen molar-refractivity contribution in [2.75, 3.05) is 19.6 Å². The smallest absolute Gasteiger partial charge is 0.343 e. The molecule has 1 aromatic heterocycles. The molecule has 1 aromatic carbocycles. The third kappa shape index (κ3) is 3.18. The summed E-state index contributed by atoms with van der Waals surface area (Å²) in [5.41, 5.74) is 1.13. The predicted molar refractivity (Wildman–Crippen MR) is 86.4 cm³/mol. The second-order valence-corrected chi connectivity index (χ2v) is 5.48. The van der Waals surface area contributed by atoms with Gasteiger partial charge in [-0.15, -0.1) is 0 Å². The van der Waals surface area contributed by atoms with Gasteiger partial charge in [-0.2, -0.15) is 0 Å². The minimum atomic E-state index is -0.360. The van der Waals surface area contributed by atoms with Crippen molar-refractivity contribution >= 4 is 35.7 Å². The second kappa shape index (κ2) is 6.77. The molecule has 1 fully saturated rings. The van der Waals surface area contributed by atoms with Crippen molar-refractivity contribution in [2.24, 2.45) is 0 Å². The van der Waals surface area contributed by atoms with Crippen molar-refractivity contribution < 1.29 is 13.9 Å². The van der Waals surface area contributed by atoms with Gasteiger partial charge in [0.25, 0.3) is 5.91 Å². The van der Waals surface area contributed by atoms with Crippen LogP contribution in [0.15, 0.2) is 30.5 Å². The average Bonchev–Trinajstić information content (AvgIpc) is 3.13. The number of benzene rings is 1. The summed E-state index contributed by atoms with van der Waals surface area (Å²) >= 11 is 0. The van der Waals surface area contributed by atoms with Crippen molar-refractivity contribution in [3.63, 3.8) is 0 Å². The summed E-state index contributed by atoms with van der Waals surface area (Å²) in [7, 11) is 0.466. The van der Waals surface area contributed by atoms with E-state index in [9.17, 15) is 13.9 Å². The van der Waals surface area contributed by atoms with Gasteiger partial charge in [-0.25, -0.2) is 0 Å². The molecule has 7 heteroatoms. The van der Waals surface area contributed by atoms with Gasteiger partial charge in [0.1, 0.15) is 0 Å². The molecule has 0 aliphatic carbocycles. The SMILES string of the molecule is O=C(NCC(=O)N1CCCC1)c1ccnc2c([B]F)cccc12. The van der Waals surface area contributed by atoms with E-state index in [2.05, 4.69) is 10.3 Å². The van der Waals surface area contributed by atoms with Gasteiger partial charge in [-0.3, -0.25) is 14.6 Å². The molecule has 2 amide bonds. The first-order chi connectivity index (χ1) is 11.2. The zero-order valence-electron chi connectivity index (χ0n) is 12.6. The Kier molecular flexibility index (Phi) is 4.55. The lowest BCUT2D eigenvalue weighted by Gasteiger charge is -2.15. The molecular formula is C16H16BFN3O2. The number of hydrogen-bond donors (Lipinski definition) is 1. The molecule has 3 rings (SSSR count). The first-order valence-corrected chi connectivity index (χ1v) is 7.58. The molecule has 0 unspecified atom stereocenters. The summed E-state index contributed by atoms with van der Waals surface area (Å²) in [5, 5.41) is 3.20. The normalized spacial score (nSPS) is 14.0. The van der Waals surface area contributed by atoms with E-state index in [0.29, 0.717) is 29.5 Å². The quantitative estimate of drug-likeness (QED) is 0.850. The van der Waals surface area contributed by atoms with Crippen LogP contribution in [-0.4, -0.2) is 48.9 Å². The molecule has 1 saturated heterocycles. The van der Waals surface area contributed by atoms with Crippen LogP contribution in [-0.2, 0) is 4.79 Å². The highest BCUT2D eigenvalue weighted by Gasteiger charge is 2.19. The van der Waals surface area contributed by atoms with Crippen LogP contribution in [0.5, 0.6) is 0 Å². The summed E-state index contributed by atoms with van der Waals surface area (Å²) in [5.74, 6) is -0.437. The fraction of sp³-hybridized carbons (Fsp3) is 0.312. The number of nitrogens with one attached hydrogen (secondary N) is 1. The minimum absolute atomic E-state index is 0.0302. The molecule has 1 aliphatic heterocycles. The molecule has 1 radical (unpaired) electrons. The predicted octanol–water partition coefficient (Wildman–Crippen LogP) is 0.801. The monoisotopic (exact) mass is 312 g/mol. The second-order valence-electron chi connectivity index (χ2n) is 5.48. The summed E-state index contributed by atoms with van der Waals surface area (Å²) in [6.07, 6.45) is 3.49. The molecule has 5 nitrogen and oxygen atoms in total. The molecule has 0 spiro atoms. The van der Waals surface area contributed by atoms with E-state index in [1.165, 1.54) is 6.20 Å². The van der Waals surface area contributed by atoms with Gasteiger partial charge in [0.2, 0.25) is 5.91 Å². The van der Waals surface area contributed by atoms with Crippen LogP contribution in [0.3, 0.4) is 0 Å². The van der Waals surface area contributed by atoms with E-state index < -0.39 is 0 Å². The molecule has 117 valence electrons. The van der Waals surface area contributed by atoms with Crippen LogP contribution in [0.2, 0.25) is 0 Å². The Morgan fingerprint density at radius 1 is 1.26 bits per heavy atom. The van der Waals surface area contributed by atoms with Gasteiger partial charge >= 0.3 is 7.56 Å². The molecule has 1 N–H and O–H groups in total. The highest BCUT2D eigenvalue weighted by Crippen LogP contribution is 2.15. The molecular weight excluding hydrogens is 296 g/mol. The number of aromatic nitrogens is 1. The van der Waals surface area contributed by atoms with Crippen molar-refractivity contribution in [3.8, 4) is 0 Å². The van der Waals surface area contributed by atoms with Crippen LogP contribution >= 0.6 is 0 Å². The van der Waals surface area contributed by atoms with Gasteiger partial charge in [0.05, 0.1) is 17.6 Å². The maximum absolute atomic E-state index is 12.9. The largest absolute Gasteiger partial charge is 0.394 e. The van der Waals surface area contributed by atoms with Gasteiger partial charge in [-0.05, 0) is 24.4 Å².